The Bertz CT molecular complexity index is 515. The van der Waals surface area contributed by atoms with Crippen LogP contribution < -0.4 is 5.32 Å². The molecule has 0 aromatic heterocycles. The summed E-state index contributed by atoms with van der Waals surface area (Å²) >= 11 is 0. The maximum atomic E-state index is 13.2. The Morgan fingerprint density at radius 2 is 2.05 bits per heavy atom. The maximum Gasteiger partial charge on any atom is 0.226 e. The fourth-order valence-corrected chi connectivity index (χ4v) is 2.37. The SMILES string of the molecule is CC1OCCC1C(=O)NC(CO)c1cc(F)c(F)c(F)c1. The molecule has 0 aliphatic carbocycles. The molecule has 0 spiro atoms. The summed E-state index contributed by atoms with van der Waals surface area (Å²) < 4.78 is 44.6. The number of carbonyl (C=O) groups is 1. The molecule has 116 valence electrons. The Balaban J connectivity index is 2.14. The van der Waals surface area contributed by atoms with Crippen molar-refractivity contribution >= 4 is 5.91 Å². The van der Waals surface area contributed by atoms with Crippen molar-refractivity contribution in [2.45, 2.75) is 25.5 Å². The van der Waals surface area contributed by atoms with E-state index < -0.39 is 30.1 Å². The van der Waals surface area contributed by atoms with Crippen molar-refractivity contribution in [1.82, 2.24) is 5.32 Å². The van der Waals surface area contributed by atoms with Crippen LogP contribution in [-0.2, 0) is 9.53 Å². The van der Waals surface area contributed by atoms with Gasteiger partial charge in [0.2, 0.25) is 5.91 Å². The number of aliphatic hydroxyl groups is 1. The van der Waals surface area contributed by atoms with Crippen molar-refractivity contribution in [3.8, 4) is 0 Å². The summed E-state index contributed by atoms with van der Waals surface area (Å²) in [6.45, 7) is 1.66. The van der Waals surface area contributed by atoms with Gasteiger partial charge in [-0.1, -0.05) is 0 Å². The van der Waals surface area contributed by atoms with E-state index in [0.29, 0.717) is 13.0 Å². The highest BCUT2D eigenvalue weighted by Crippen LogP contribution is 2.23. The monoisotopic (exact) mass is 303 g/mol. The van der Waals surface area contributed by atoms with E-state index in [1.807, 2.05) is 0 Å². The van der Waals surface area contributed by atoms with Crippen LogP contribution in [0.2, 0.25) is 0 Å². The summed E-state index contributed by atoms with van der Waals surface area (Å²) in [6.07, 6.45) is 0.281. The molecule has 1 aromatic carbocycles. The number of carbonyl (C=O) groups excluding carboxylic acids is 1. The first-order valence-corrected chi connectivity index (χ1v) is 6.61. The van der Waals surface area contributed by atoms with Crippen molar-refractivity contribution in [2.24, 2.45) is 5.92 Å². The number of ether oxygens (including phenoxy) is 1. The number of benzene rings is 1. The van der Waals surface area contributed by atoms with E-state index in [1.54, 1.807) is 6.92 Å². The molecule has 1 heterocycles. The molecule has 21 heavy (non-hydrogen) atoms. The Morgan fingerprint density at radius 3 is 2.52 bits per heavy atom. The molecule has 3 atom stereocenters. The molecule has 1 amide bonds. The van der Waals surface area contributed by atoms with Crippen LogP contribution in [0.4, 0.5) is 13.2 Å². The van der Waals surface area contributed by atoms with Gasteiger partial charge in [0.25, 0.3) is 0 Å². The quantitative estimate of drug-likeness (QED) is 0.832. The topological polar surface area (TPSA) is 58.6 Å². The second-order valence-electron chi connectivity index (χ2n) is 5.01. The fourth-order valence-electron chi connectivity index (χ4n) is 2.37. The van der Waals surface area contributed by atoms with E-state index in [-0.39, 0.29) is 23.5 Å². The molecule has 7 heteroatoms. The van der Waals surface area contributed by atoms with Gasteiger partial charge in [0.05, 0.1) is 24.7 Å². The van der Waals surface area contributed by atoms with Crippen LogP contribution in [0.3, 0.4) is 0 Å². The van der Waals surface area contributed by atoms with Gasteiger partial charge in [-0.2, -0.15) is 0 Å². The third kappa shape index (κ3) is 3.36. The molecular formula is C14H16F3NO3. The summed E-state index contributed by atoms with van der Waals surface area (Å²) in [5.74, 6) is -5.07. The van der Waals surface area contributed by atoms with Gasteiger partial charge in [-0.3, -0.25) is 4.79 Å². The van der Waals surface area contributed by atoms with E-state index in [0.717, 1.165) is 12.1 Å². The average molecular weight is 303 g/mol. The minimum Gasteiger partial charge on any atom is -0.394 e. The number of rotatable bonds is 4. The second-order valence-corrected chi connectivity index (χ2v) is 5.01. The second kappa shape index (κ2) is 6.44. The number of aliphatic hydroxyl groups excluding tert-OH is 1. The van der Waals surface area contributed by atoms with Gasteiger partial charge in [-0.05, 0) is 31.0 Å². The van der Waals surface area contributed by atoms with Crippen molar-refractivity contribution in [1.29, 1.82) is 0 Å². The zero-order chi connectivity index (χ0) is 15.6. The fraction of sp³-hybridized carbons (Fsp3) is 0.500. The zero-order valence-corrected chi connectivity index (χ0v) is 11.4. The van der Waals surface area contributed by atoms with Gasteiger partial charge in [0.15, 0.2) is 17.5 Å². The van der Waals surface area contributed by atoms with E-state index >= 15 is 0 Å². The third-order valence-electron chi connectivity index (χ3n) is 3.62. The van der Waals surface area contributed by atoms with E-state index in [4.69, 9.17) is 4.74 Å². The Kier molecular flexibility index (Phi) is 4.84. The van der Waals surface area contributed by atoms with Gasteiger partial charge in [0.1, 0.15) is 0 Å². The lowest BCUT2D eigenvalue weighted by atomic mass is 10.00. The predicted molar refractivity (Wildman–Crippen MR) is 67.8 cm³/mol. The molecule has 2 N–H and O–H groups in total. The molecule has 0 saturated carbocycles. The van der Waals surface area contributed by atoms with Gasteiger partial charge in [-0.25, -0.2) is 13.2 Å². The van der Waals surface area contributed by atoms with Crippen LogP contribution >= 0.6 is 0 Å². The lowest BCUT2D eigenvalue weighted by Gasteiger charge is -2.21. The van der Waals surface area contributed by atoms with Crippen LogP contribution in [0.15, 0.2) is 12.1 Å². The smallest absolute Gasteiger partial charge is 0.226 e. The summed E-state index contributed by atoms with van der Waals surface area (Å²) in [4.78, 5) is 12.1. The van der Waals surface area contributed by atoms with E-state index in [2.05, 4.69) is 5.32 Å². The molecule has 4 nitrogen and oxygen atoms in total. The van der Waals surface area contributed by atoms with Gasteiger partial charge in [-0.15, -0.1) is 0 Å². The highest BCUT2D eigenvalue weighted by atomic mass is 19.2. The highest BCUT2D eigenvalue weighted by Gasteiger charge is 2.32. The molecule has 1 aromatic rings. The molecule has 1 aliphatic heterocycles. The van der Waals surface area contributed by atoms with Gasteiger partial charge < -0.3 is 15.2 Å². The summed E-state index contributed by atoms with van der Waals surface area (Å²) in [7, 11) is 0. The number of halogens is 3. The Hall–Kier alpha value is -1.60. The van der Waals surface area contributed by atoms with Crippen LogP contribution in [0.25, 0.3) is 0 Å². The number of hydrogen-bond donors (Lipinski definition) is 2. The third-order valence-corrected chi connectivity index (χ3v) is 3.62. The van der Waals surface area contributed by atoms with Crippen molar-refractivity contribution < 1.29 is 27.8 Å². The largest absolute Gasteiger partial charge is 0.394 e. The maximum absolute atomic E-state index is 13.2. The summed E-state index contributed by atoms with van der Waals surface area (Å²) in [5.41, 5.74) is -0.0335. The molecule has 0 radical (unpaired) electrons. The number of nitrogens with one attached hydrogen (secondary N) is 1. The average Bonchev–Trinajstić information content (AvgIpc) is 2.87. The first kappa shape index (κ1) is 15.8. The molecule has 1 saturated heterocycles. The molecule has 0 bridgehead atoms. The molecule has 2 rings (SSSR count). The minimum atomic E-state index is -1.58. The summed E-state index contributed by atoms with van der Waals surface area (Å²) in [6, 6.07) is 0.511. The number of amides is 1. The van der Waals surface area contributed by atoms with Crippen LogP contribution in [0, 0.1) is 23.4 Å². The van der Waals surface area contributed by atoms with Gasteiger partial charge >= 0.3 is 0 Å². The van der Waals surface area contributed by atoms with E-state index in [1.165, 1.54) is 0 Å². The van der Waals surface area contributed by atoms with Crippen LogP contribution in [-0.4, -0.2) is 30.3 Å². The minimum absolute atomic E-state index is 0.0335. The predicted octanol–water partition coefficient (Wildman–Crippen LogP) is 1.68. The van der Waals surface area contributed by atoms with Crippen molar-refractivity contribution in [3.63, 3.8) is 0 Å². The summed E-state index contributed by atoms with van der Waals surface area (Å²) in [5, 5.41) is 11.8. The standard InChI is InChI=1S/C14H16F3NO3/c1-7-9(2-3-21-7)14(20)18-12(6-19)8-4-10(15)13(17)11(16)5-8/h4-5,7,9,12,19H,2-3,6H2,1H3,(H,18,20). The molecule has 1 aliphatic rings. The van der Waals surface area contributed by atoms with Crippen molar-refractivity contribution in [3.05, 3.63) is 35.1 Å². The zero-order valence-electron chi connectivity index (χ0n) is 11.4. The van der Waals surface area contributed by atoms with Crippen LogP contribution in [0.1, 0.15) is 24.9 Å². The Labute approximate surface area is 119 Å². The highest BCUT2D eigenvalue weighted by molar-refractivity contribution is 5.80. The number of hydrogen-bond acceptors (Lipinski definition) is 3. The van der Waals surface area contributed by atoms with Crippen molar-refractivity contribution in [2.75, 3.05) is 13.2 Å². The molecule has 1 fully saturated rings. The van der Waals surface area contributed by atoms with Gasteiger partial charge in [0, 0.05) is 6.61 Å². The molecule has 3 unspecified atom stereocenters. The lowest BCUT2D eigenvalue weighted by Crippen LogP contribution is -2.38. The van der Waals surface area contributed by atoms with E-state index in [9.17, 15) is 23.1 Å². The molecular weight excluding hydrogens is 287 g/mol. The first-order valence-electron chi connectivity index (χ1n) is 6.61. The lowest BCUT2D eigenvalue weighted by molar-refractivity contribution is -0.127. The normalized spacial score (nSPS) is 23.1. The Morgan fingerprint density at radius 1 is 1.43 bits per heavy atom. The van der Waals surface area contributed by atoms with Crippen LogP contribution in [0.5, 0.6) is 0 Å². The first-order chi connectivity index (χ1) is 9.93.